The number of amides is 1. The van der Waals surface area contributed by atoms with Crippen LogP contribution in [0.1, 0.15) is 10.4 Å². The molecule has 0 unspecified atom stereocenters. The molecule has 5 nitrogen and oxygen atoms in total. The summed E-state index contributed by atoms with van der Waals surface area (Å²) < 4.78 is 42.7. The van der Waals surface area contributed by atoms with Gasteiger partial charge in [0, 0.05) is 11.9 Å². The van der Waals surface area contributed by atoms with Crippen molar-refractivity contribution in [2.75, 3.05) is 7.05 Å². The second-order valence-electron chi connectivity index (χ2n) is 6.69. The average molecular weight is 467 g/mol. The van der Waals surface area contributed by atoms with Crippen LogP contribution in [-0.4, -0.2) is 32.3 Å². The van der Waals surface area contributed by atoms with Crippen LogP contribution in [0.4, 0.5) is 4.39 Å². The predicted molar refractivity (Wildman–Crippen MR) is 116 cm³/mol. The largest absolute Gasteiger partial charge is 0.339 e. The molecule has 3 aromatic rings. The first-order valence-electron chi connectivity index (χ1n) is 9.06. The first-order chi connectivity index (χ1) is 14.3. The monoisotopic (exact) mass is 466 g/mol. The van der Waals surface area contributed by atoms with E-state index in [2.05, 4.69) is 4.72 Å². The molecule has 0 spiro atoms. The van der Waals surface area contributed by atoms with Gasteiger partial charge in [0.25, 0.3) is 0 Å². The number of halogens is 2. The SMILES string of the molecule is CN(Cc1ccc(Cl)s1)C(=O)[C@H](Cc1ccccc1)NS(=O)(=O)c1ccccc1F. The van der Waals surface area contributed by atoms with Crippen molar-refractivity contribution in [1.29, 1.82) is 0 Å². The van der Waals surface area contributed by atoms with Crippen molar-refractivity contribution >= 4 is 38.9 Å². The Hall–Kier alpha value is -2.26. The molecule has 158 valence electrons. The fourth-order valence-electron chi connectivity index (χ4n) is 2.96. The van der Waals surface area contributed by atoms with Gasteiger partial charge >= 0.3 is 0 Å². The Morgan fingerprint density at radius 1 is 1.10 bits per heavy atom. The van der Waals surface area contributed by atoms with Gasteiger partial charge < -0.3 is 4.90 Å². The molecule has 0 aliphatic heterocycles. The number of benzene rings is 2. The lowest BCUT2D eigenvalue weighted by Gasteiger charge is -2.24. The van der Waals surface area contributed by atoms with Crippen molar-refractivity contribution in [3.63, 3.8) is 0 Å². The number of rotatable bonds is 8. The average Bonchev–Trinajstić information content (AvgIpc) is 3.12. The molecule has 1 atom stereocenters. The summed E-state index contributed by atoms with van der Waals surface area (Å²) in [6.45, 7) is 0.281. The van der Waals surface area contributed by atoms with E-state index in [4.69, 9.17) is 11.6 Å². The summed E-state index contributed by atoms with van der Waals surface area (Å²) in [7, 11) is -2.66. The van der Waals surface area contributed by atoms with E-state index >= 15 is 0 Å². The molecule has 3 rings (SSSR count). The Balaban J connectivity index is 1.86. The number of hydrogen-bond acceptors (Lipinski definition) is 4. The highest BCUT2D eigenvalue weighted by Crippen LogP contribution is 2.23. The van der Waals surface area contributed by atoms with Crippen LogP contribution in [0.5, 0.6) is 0 Å². The number of carbonyl (C=O) groups excluding carboxylic acids is 1. The zero-order chi connectivity index (χ0) is 21.7. The molecule has 0 bridgehead atoms. The molecule has 30 heavy (non-hydrogen) atoms. The smallest absolute Gasteiger partial charge is 0.244 e. The molecule has 2 aromatic carbocycles. The number of nitrogens with zero attached hydrogens (tertiary/aromatic N) is 1. The van der Waals surface area contributed by atoms with Crippen molar-refractivity contribution < 1.29 is 17.6 Å². The Morgan fingerprint density at radius 2 is 1.77 bits per heavy atom. The summed E-state index contributed by atoms with van der Waals surface area (Å²) in [6.07, 6.45) is 0.128. The van der Waals surface area contributed by atoms with Gasteiger partial charge in [-0.3, -0.25) is 4.79 Å². The molecule has 1 aromatic heterocycles. The molecular weight excluding hydrogens is 447 g/mol. The first-order valence-corrected chi connectivity index (χ1v) is 11.7. The topological polar surface area (TPSA) is 66.5 Å². The molecule has 0 saturated heterocycles. The maximum Gasteiger partial charge on any atom is 0.244 e. The molecule has 0 fully saturated rings. The van der Waals surface area contributed by atoms with Crippen LogP contribution in [0.3, 0.4) is 0 Å². The van der Waals surface area contributed by atoms with Crippen molar-refractivity contribution in [2.45, 2.75) is 23.9 Å². The van der Waals surface area contributed by atoms with Gasteiger partial charge in [-0.15, -0.1) is 11.3 Å². The normalized spacial score (nSPS) is 12.5. The van der Waals surface area contributed by atoms with E-state index in [1.807, 2.05) is 12.1 Å². The molecule has 1 heterocycles. The molecule has 0 aliphatic carbocycles. The molecule has 1 N–H and O–H groups in total. The summed E-state index contributed by atoms with van der Waals surface area (Å²) in [5, 5.41) is 0. The van der Waals surface area contributed by atoms with Crippen LogP contribution in [0.25, 0.3) is 0 Å². The number of sulfonamides is 1. The van der Waals surface area contributed by atoms with Gasteiger partial charge in [0.2, 0.25) is 15.9 Å². The van der Waals surface area contributed by atoms with Crippen LogP contribution in [0.2, 0.25) is 4.34 Å². The summed E-state index contributed by atoms with van der Waals surface area (Å²) >= 11 is 7.30. The third-order valence-corrected chi connectivity index (χ3v) is 7.12. The van der Waals surface area contributed by atoms with Crippen molar-refractivity contribution in [2.24, 2.45) is 0 Å². The lowest BCUT2D eigenvalue weighted by atomic mass is 10.1. The highest BCUT2D eigenvalue weighted by atomic mass is 35.5. The van der Waals surface area contributed by atoms with Gasteiger partial charge in [-0.1, -0.05) is 54.1 Å². The van der Waals surface area contributed by atoms with Gasteiger partial charge in [0.1, 0.15) is 16.8 Å². The number of likely N-dealkylation sites (N-methyl/N-ethyl adjacent to an activating group) is 1. The Labute approximate surface area is 184 Å². The lowest BCUT2D eigenvalue weighted by molar-refractivity contribution is -0.132. The van der Waals surface area contributed by atoms with E-state index in [0.29, 0.717) is 4.34 Å². The van der Waals surface area contributed by atoms with Crippen LogP contribution >= 0.6 is 22.9 Å². The Bertz CT molecular complexity index is 1120. The Kier molecular flexibility index (Phi) is 7.25. The fourth-order valence-corrected chi connectivity index (χ4v) is 5.37. The van der Waals surface area contributed by atoms with Gasteiger partial charge in [-0.05, 0) is 36.2 Å². The minimum atomic E-state index is -4.25. The van der Waals surface area contributed by atoms with Gasteiger partial charge in [0.05, 0.1) is 10.9 Å². The number of hydrogen-bond donors (Lipinski definition) is 1. The number of thiophene rings is 1. The fraction of sp³-hybridized carbons (Fsp3) is 0.190. The van der Waals surface area contributed by atoms with Gasteiger partial charge in [0.15, 0.2) is 0 Å². The Morgan fingerprint density at radius 3 is 2.40 bits per heavy atom. The molecule has 1 amide bonds. The third kappa shape index (κ3) is 5.66. The molecular formula is C21H20ClFN2O3S2. The van der Waals surface area contributed by atoms with Crippen LogP contribution in [0.15, 0.2) is 71.6 Å². The van der Waals surface area contributed by atoms with Gasteiger partial charge in [-0.2, -0.15) is 4.72 Å². The van der Waals surface area contributed by atoms with E-state index in [-0.39, 0.29) is 13.0 Å². The zero-order valence-corrected chi connectivity index (χ0v) is 18.5. The summed E-state index contributed by atoms with van der Waals surface area (Å²) in [4.78, 5) is 14.9. The zero-order valence-electron chi connectivity index (χ0n) is 16.1. The molecule has 0 aliphatic rings. The predicted octanol–water partition coefficient (Wildman–Crippen LogP) is 4.09. The summed E-state index contributed by atoms with van der Waals surface area (Å²) in [5.74, 6) is -1.30. The van der Waals surface area contributed by atoms with Crippen molar-refractivity contribution in [3.05, 3.63) is 87.3 Å². The third-order valence-electron chi connectivity index (χ3n) is 4.40. The van der Waals surface area contributed by atoms with E-state index in [1.165, 1.54) is 34.4 Å². The van der Waals surface area contributed by atoms with Gasteiger partial charge in [-0.25, -0.2) is 12.8 Å². The molecule has 0 saturated carbocycles. The van der Waals surface area contributed by atoms with Crippen molar-refractivity contribution in [3.8, 4) is 0 Å². The van der Waals surface area contributed by atoms with E-state index in [0.717, 1.165) is 16.5 Å². The number of carbonyl (C=O) groups is 1. The van der Waals surface area contributed by atoms with Crippen LogP contribution < -0.4 is 4.72 Å². The maximum atomic E-state index is 14.1. The highest BCUT2D eigenvalue weighted by Gasteiger charge is 2.29. The second kappa shape index (κ2) is 9.70. The highest BCUT2D eigenvalue weighted by molar-refractivity contribution is 7.89. The van der Waals surface area contributed by atoms with E-state index in [1.54, 1.807) is 37.4 Å². The minimum Gasteiger partial charge on any atom is -0.339 e. The second-order valence-corrected chi connectivity index (χ2v) is 10.2. The first kappa shape index (κ1) is 22.4. The van der Waals surface area contributed by atoms with Crippen LogP contribution in [-0.2, 0) is 27.8 Å². The molecule has 9 heteroatoms. The molecule has 0 radical (unpaired) electrons. The van der Waals surface area contributed by atoms with E-state index < -0.39 is 32.7 Å². The number of nitrogens with one attached hydrogen (secondary N) is 1. The lowest BCUT2D eigenvalue weighted by Crippen LogP contribution is -2.48. The summed E-state index contributed by atoms with van der Waals surface area (Å²) in [6, 6.07) is 16.6. The van der Waals surface area contributed by atoms with Crippen LogP contribution in [0, 0.1) is 5.82 Å². The summed E-state index contributed by atoms with van der Waals surface area (Å²) in [5.41, 5.74) is 0.777. The minimum absolute atomic E-state index is 0.128. The quantitative estimate of drug-likeness (QED) is 0.543. The standard InChI is InChI=1S/C21H20ClFN2O3S2/c1-25(14-16-11-12-20(22)29-16)21(26)18(13-15-7-3-2-4-8-15)24-30(27,28)19-10-6-5-9-17(19)23/h2-12,18,24H,13-14H2,1H3/t18-/m0/s1. The van der Waals surface area contributed by atoms with Crippen molar-refractivity contribution in [1.82, 2.24) is 9.62 Å². The van der Waals surface area contributed by atoms with E-state index in [9.17, 15) is 17.6 Å². The maximum absolute atomic E-state index is 14.1.